The predicted octanol–water partition coefficient (Wildman–Crippen LogP) is 2.46. The van der Waals surface area contributed by atoms with Gasteiger partial charge in [-0.2, -0.15) is 0 Å². The molecule has 3 aliphatic carbocycles. The van der Waals surface area contributed by atoms with Crippen molar-refractivity contribution in [2.45, 2.75) is 25.7 Å². The Bertz CT molecular complexity index is 134. The zero-order chi connectivity index (χ0) is 6.55. The molecule has 3 aliphatic rings. The Morgan fingerprint density at radius 2 is 1.90 bits per heavy atom. The summed E-state index contributed by atoms with van der Waals surface area (Å²) in [4.78, 5) is 0. The number of hydrogen-bond acceptors (Lipinski definition) is 0. The highest BCUT2D eigenvalue weighted by molar-refractivity contribution is 5.09. The summed E-state index contributed by atoms with van der Waals surface area (Å²) in [7, 11) is 0. The molecule has 0 spiro atoms. The Balaban J connectivity index is 1.92. The molecule has 0 aromatic carbocycles. The van der Waals surface area contributed by atoms with E-state index in [9.17, 15) is 0 Å². The first-order valence-electron chi connectivity index (χ1n) is 4.60. The zero-order valence-electron chi connectivity index (χ0n) is 6.29. The van der Waals surface area contributed by atoms with Crippen LogP contribution in [0, 0.1) is 36.5 Å². The molecule has 0 aromatic heterocycles. The summed E-state index contributed by atoms with van der Waals surface area (Å²) >= 11 is 0. The molecule has 0 heterocycles. The van der Waals surface area contributed by atoms with Crippen LogP contribution in [0.15, 0.2) is 0 Å². The van der Waals surface area contributed by atoms with Gasteiger partial charge in [-0.15, -0.1) is 0 Å². The fraction of sp³-hybridized carbons (Fsp3) is 0.800. The van der Waals surface area contributed by atoms with Gasteiger partial charge in [0.25, 0.3) is 0 Å². The minimum atomic E-state index is 1.04. The molecular weight excluding hydrogens is 120 g/mol. The monoisotopic (exact) mass is 134 g/mol. The molecule has 0 nitrogen and oxygen atoms in total. The van der Waals surface area contributed by atoms with E-state index in [4.69, 9.17) is 0 Å². The van der Waals surface area contributed by atoms with E-state index in [2.05, 4.69) is 12.8 Å². The Labute approximate surface area is 63.0 Å². The third-order valence-corrected chi connectivity index (χ3v) is 3.90. The highest BCUT2D eigenvalue weighted by Crippen LogP contribution is 2.57. The SMILES string of the molecule is [CH]1CC2C3[CH]CC(C3)C2C1. The van der Waals surface area contributed by atoms with E-state index < -0.39 is 0 Å². The van der Waals surface area contributed by atoms with E-state index in [1.54, 1.807) is 6.42 Å². The standard InChI is InChI=1S/C10H14/c1-2-9-7-4-5-8(6-7)10(9)3-1/h1,4,7-10H,2-3,5-6H2. The van der Waals surface area contributed by atoms with Gasteiger partial charge in [0.15, 0.2) is 0 Å². The third-order valence-electron chi connectivity index (χ3n) is 3.90. The molecule has 0 N–H and O–H groups in total. The van der Waals surface area contributed by atoms with Gasteiger partial charge in [-0.25, -0.2) is 0 Å². The van der Waals surface area contributed by atoms with Gasteiger partial charge in [-0.3, -0.25) is 0 Å². The number of hydrogen-bond donors (Lipinski definition) is 0. The Morgan fingerprint density at radius 3 is 2.80 bits per heavy atom. The maximum absolute atomic E-state index is 2.59. The Kier molecular flexibility index (Phi) is 1.00. The quantitative estimate of drug-likeness (QED) is 0.477. The van der Waals surface area contributed by atoms with E-state index in [-0.39, 0.29) is 0 Å². The summed E-state index contributed by atoms with van der Waals surface area (Å²) in [6.07, 6.45) is 11.0. The lowest BCUT2D eigenvalue weighted by Crippen LogP contribution is -2.16. The van der Waals surface area contributed by atoms with Crippen LogP contribution in [0.5, 0.6) is 0 Å². The molecule has 10 heavy (non-hydrogen) atoms. The summed E-state index contributed by atoms with van der Waals surface area (Å²) in [5.41, 5.74) is 0. The van der Waals surface area contributed by atoms with Crippen LogP contribution < -0.4 is 0 Å². The summed E-state index contributed by atoms with van der Waals surface area (Å²) in [5.74, 6) is 4.36. The second-order valence-corrected chi connectivity index (χ2v) is 4.22. The van der Waals surface area contributed by atoms with E-state index >= 15 is 0 Å². The summed E-state index contributed by atoms with van der Waals surface area (Å²) in [5, 5.41) is 0. The average Bonchev–Trinajstić information content (AvgIpc) is 2.60. The fourth-order valence-corrected chi connectivity index (χ4v) is 3.46. The molecule has 0 heteroatoms. The molecule has 4 unspecified atom stereocenters. The maximum atomic E-state index is 2.59. The summed E-state index contributed by atoms with van der Waals surface area (Å²) in [6, 6.07) is 0. The first-order valence-corrected chi connectivity index (χ1v) is 4.60. The van der Waals surface area contributed by atoms with Crippen molar-refractivity contribution in [3.63, 3.8) is 0 Å². The van der Waals surface area contributed by atoms with E-state index in [1.807, 2.05) is 0 Å². The Hall–Kier alpha value is 0. The van der Waals surface area contributed by atoms with Gasteiger partial charge in [0.2, 0.25) is 0 Å². The van der Waals surface area contributed by atoms with Crippen molar-refractivity contribution >= 4 is 0 Å². The third kappa shape index (κ3) is 0.538. The van der Waals surface area contributed by atoms with Crippen molar-refractivity contribution in [3.8, 4) is 0 Å². The van der Waals surface area contributed by atoms with Crippen LogP contribution in [-0.2, 0) is 0 Å². The van der Waals surface area contributed by atoms with Gasteiger partial charge >= 0.3 is 0 Å². The second-order valence-electron chi connectivity index (χ2n) is 4.22. The van der Waals surface area contributed by atoms with Gasteiger partial charge in [-0.05, 0) is 62.2 Å². The van der Waals surface area contributed by atoms with Crippen LogP contribution in [-0.4, -0.2) is 0 Å². The second kappa shape index (κ2) is 1.78. The molecule has 2 bridgehead atoms. The van der Waals surface area contributed by atoms with Crippen molar-refractivity contribution in [3.05, 3.63) is 12.8 Å². The molecule has 0 aromatic rings. The lowest BCUT2D eigenvalue weighted by Gasteiger charge is -2.23. The molecule has 2 radical (unpaired) electrons. The van der Waals surface area contributed by atoms with Crippen molar-refractivity contribution in [1.29, 1.82) is 0 Å². The molecule has 3 rings (SSSR count). The lowest BCUT2D eigenvalue weighted by molar-refractivity contribution is 0.301. The summed E-state index contributed by atoms with van der Waals surface area (Å²) < 4.78 is 0. The minimum Gasteiger partial charge on any atom is -0.0468 e. The highest BCUT2D eigenvalue weighted by Gasteiger charge is 2.49. The molecule has 0 aliphatic heterocycles. The van der Waals surface area contributed by atoms with Gasteiger partial charge in [0, 0.05) is 0 Å². The van der Waals surface area contributed by atoms with Crippen molar-refractivity contribution in [2.75, 3.05) is 0 Å². The molecule has 54 valence electrons. The molecular formula is C10H14. The molecule has 3 fully saturated rings. The first kappa shape index (κ1) is 5.62. The largest absolute Gasteiger partial charge is 0.0468 e. The van der Waals surface area contributed by atoms with Crippen LogP contribution in [0.4, 0.5) is 0 Å². The van der Waals surface area contributed by atoms with Crippen LogP contribution >= 0.6 is 0 Å². The fourth-order valence-electron chi connectivity index (χ4n) is 3.46. The topological polar surface area (TPSA) is 0 Å². The molecule has 0 saturated heterocycles. The van der Waals surface area contributed by atoms with Gasteiger partial charge in [0.1, 0.15) is 0 Å². The minimum absolute atomic E-state index is 1.04. The normalized spacial score (nSPS) is 57.6. The van der Waals surface area contributed by atoms with Crippen molar-refractivity contribution in [1.82, 2.24) is 0 Å². The van der Waals surface area contributed by atoms with Crippen LogP contribution in [0.3, 0.4) is 0 Å². The zero-order valence-corrected chi connectivity index (χ0v) is 6.29. The van der Waals surface area contributed by atoms with E-state index in [1.165, 1.54) is 19.3 Å². The summed E-state index contributed by atoms with van der Waals surface area (Å²) in [6.45, 7) is 0. The van der Waals surface area contributed by atoms with Crippen LogP contribution in [0.25, 0.3) is 0 Å². The molecule has 0 amide bonds. The van der Waals surface area contributed by atoms with Gasteiger partial charge in [-0.1, -0.05) is 0 Å². The smallest absolute Gasteiger partial charge is 0.0349 e. The highest BCUT2D eigenvalue weighted by atomic mass is 14.5. The predicted molar refractivity (Wildman–Crippen MR) is 41.0 cm³/mol. The van der Waals surface area contributed by atoms with Gasteiger partial charge < -0.3 is 0 Å². The van der Waals surface area contributed by atoms with Crippen molar-refractivity contribution < 1.29 is 0 Å². The lowest BCUT2D eigenvalue weighted by atomic mass is 9.82. The van der Waals surface area contributed by atoms with Crippen LogP contribution in [0.1, 0.15) is 25.7 Å². The van der Waals surface area contributed by atoms with E-state index in [0.717, 1.165) is 23.7 Å². The van der Waals surface area contributed by atoms with Crippen LogP contribution in [0.2, 0.25) is 0 Å². The van der Waals surface area contributed by atoms with Crippen molar-refractivity contribution in [2.24, 2.45) is 23.7 Å². The van der Waals surface area contributed by atoms with E-state index in [0.29, 0.717) is 0 Å². The number of fused-ring (bicyclic) bond motifs is 5. The molecule has 3 saturated carbocycles. The molecule has 4 atom stereocenters. The maximum Gasteiger partial charge on any atom is -0.0349 e. The first-order chi connectivity index (χ1) is 4.95. The average molecular weight is 134 g/mol. The number of rotatable bonds is 0. The van der Waals surface area contributed by atoms with Gasteiger partial charge in [0.05, 0.1) is 0 Å². The Morgan fingerprint density at radius 1 is 1.00 bits per heavy atom.